The largest absolute Gasteiger partial charge is 0.477 e. The number of carbonyl (C=O) groups excluding carboxylic acids is 1. The lowest BCUT2D eigenvalue weighted by Crippen LogP contribution is -2.63. The van der Waals surface area contributed by atoms with Crippen LogP contribution >= 0.6 is 11.8 Å². The highest BCUT2D eigenvalue weighted by Crippen LogP contribution is 2.51. The fraction of sp³-hybridized carbons (Fsp3) is 0.562. The van der Waals surface area contributed by atoms with Crippen molar-refractivity contribution in [3.05, 3.63) is 28.8 Å². The van der Waals surface area contributed by atoms with Crippen LogP contribution in [0.15, 0.2) is 23.0 Å². The third kappa shape index (κ3) is 2.05. The van der Waals surface area contributed by atoms with Crippen LogP contribution in [0.25, 0.3) is 0 Å². The minimum Gasteiger partial charge on any atom is -0.477 e. The molecule has 5 atom stereocenters. The number of thioether (sulfide) groups is 1. The number of nitrogens with zero attached hydrogens (tertiary/aromatic N) is 3. The molecule has 0 unspecified atom stereocenters. The van der Waals surface area contributed by atoms with E-state index in [-0.39, 0.29) is 28.8 Å². The number of aliphatic carboxylic acids is 1. The molecule has 1 aromatic heterocycles. The monoisotopic (exact) mass is 349 g/mol. The summed E-state index contributed by atoms with van der Waals surface area (Å²) in [6.07, 6.45) is 3.73. The summed E-state index contributed by atoms with van der Waals surface area (Å²) < 4.78 is 2.08. The summed E-state index contributed by atoms with van der Waals surface area (Å²) in [7, 11) is 0. The quantitative estimate of drug-likeness (QED) is 0.777. The molecule has 4 rings (SSSR count). The van der Waals surface area contributed by atoms with Gasteiger partial charge in [-0.15, -0.1) is 11.8 Å². The van der Waals surface area contributed by atoms with Crippen molar-refractivity contribution in [1.29, 1.82) is 0 Å². The second-order valence-corrected chi connectivity index (χ2v) is 8.05. The number of rotatable bonds is 4. The molecular weight excluding hydrogens is 330 g/mol. The maximum Gasteiger partial charge on any atom is 0.353 e. The van der Waals surface area contributed by atoms with E-state index in [4.69, 9.17) is 0 Å². The Morgan fingerprint density at radius 3 is 2.88 bits per heavy atom. The Kier molecular flexibility index (Phi) is 3.50. The Hall–Kier alpha value is -1.80. The lowest BCUT2D eigenvalue weighted by atomic mass is 9.79. The number of fused-ring (bicyclic) bond motifs is 2. The highest BCUT2D eigenvalue weighted by molar-refractivity contribution is 8.03. The number of carboxylic acids is 1. The predicted molar refractivity (Wildman–Crippen MR) is 86.9 cm³/mol. The van der Waals surface area contributed by atoms with Crippen LogP contribution in [0.1, 0.15) is 19.7 Å². The van der Waals surface area contributed by atoms with Gasteiger partial charge in [-0.25, -0.2) is 9.78 Å². The number of amides is 1. The van der Waals surface area contributed by atoms with E-state index in [0.717, 1.165) is 23.7 Å². The van der Waals surface area contributed by atoms with Crippen LogP contribution in [0.2, 0.25) is 0 Å². The van der Waals surface area contributed by atoms with E-state index in [1.54, 1.807) is 24.9 Å². The molecule has 1 aromatic rings. The molecule has 7 nitrogen and oxygen atoms in total. The third-order valence-electron chi connectivity index (χ3n) is 5.22. The van der Waals surface area contributed by atoms with Crippen molar-refractivity contribution >= 4 is 23.6 Å². The molecule has 2 N–H and O–H groups in total. The first kappa shape index (κ1) is 15.7. The van der Waals surface area contributed by atoms with E-state index < -0.39 is 18.0 Å². The van der Waals surface area contributed by atoms with Gasteiger partial charge in [0, 0.05) is 41.4 Å². The molecule has 24 heavy (non-hydrogen) atoms. The average molecular weight is 349 g/mol. The normalized spacial score (nSPS) is 32.6. The summed E-state index contributed by atoms with van der Waals surface area (Å²) in [5.41, 5.74) is 0.101. The number of aromatic nitrogens is 2. The van der Waals surface area contributed by atoms with E-state index >= 15 is 0 Å². The van der Waals surface area contributed by atoms with Crippen molar-refractivity contribution in [3.63, 3.8) is 0 Å². The van der Waals surface area contributed by atoms with E-state index in [1.807, 2.05) is 13.1 Å². The van der Waals surface area contributed by atoms with Gasteiger partial charge in [0.25, 0.3) is 0 Å². The second kappa shape index (κ2) is 5.35. The molecule has 0 radical (unpaired) electrons. The zero-order valence-electron chi connectivity index (χ0n) is 13.4. The van der Waals surface area contributed by atoms with Gasteiger partial charge in [0.15, 0.2) is 0 Å². The summed E-state index contributed by atoms with van der Waals surface area (Å²) >= 11 is 1.55. The molecule has 1 saturated heterocycles. The van der Waals surface area contributed by atoms with Crippen LogP contribution in [0, 0.1) is 11.8 Å². The van der Waals surface area contributed by atoms with Gasteiger partial charge in [0.2, 0.25) is 5.91 Å². The lowest BCUT2D eigenvalue weighted by molar-refractivity contribution is -0.163. The molecule has 8 heteroatoms. The zero-order valence-corrected chi connectivity index (χ0v) is 14.2. The molecule has 4 heterocycles. The summed E-state index contributed by atoms with van der Waals surface area (Å²) in [6.45, 7) is 4.33. The van der Waals surface area contributed by atoms with Crippen LogP contribution in [-0.4, -0.2) is 53.9 Å². The van der Waals surface area contributed by atoms with Gasteiger partial charge < -0.3 is 19.7 Å². The number of hydrogen-bond donors (Lipinski definition) is 2. The fourth-order valence-electron chi connectivity index (χ4n) is 4.12. The van der Waals surface area contributed by atoms with E-state index in [2.05, 4.69) is 9.55 Å². The second-order valence-electron chi connectivity index (χ2n) is 6.71. The molecule has 0 aromatic carbocycles. The minimum atomic E-state index is -1.07. The van der Waals surface area contributed by atoms with E-state index in [1.165, 1.54) is 4.90 Å². The van der Waals surface area contributed by atoms with Crippen molar-refractivity contribution < 1.29 is 19.8 Å². The number of carboxylic acid groups (broad SMARTS) is 1. The average Bonchev–Trinajstić information content (AvgIpc) is 3.12. The first-order valence-corrected chi connectivity index (χ1v) is 8.93. The number of imidazole rings is 1. The highest BCUT2D eigenvalue weighted by atomic mass is 32.2. The topological polar surface area (TPSA) is 95.7 Å². The Balaban J connectivity index is 1.61. The maximum absolute atomic E-state index is 12.3. The molecule has 3 aliphatic rings. The highest BCUT2D eigenvalue weighted by Gasteiger charge is 2.60. The van der Waals surface area contributed by atoms with Crippen LogP contribution in [-0.2, 0) is 22.6 Å². The van der Waals surface area contributed by atoms with Crippen LogP contribution in [0.5, 0.6) is 0 Å². The van der Waals surface area contributed by atoms with Crippen molar-refractivity contribution in [3.8, 4) is 0 Å². The minimum absolute atomic E-state index is 0.0775. The molecule has 0 saturated carbocycles. The Bertz CT molecular complexity index is 736. The number of hydrogen-bond acceptors (Lipinski definition) is 5. The standard InChI is InChI=1S/C16H19N3O4S/c1-7-12-11(8(2)20)15(21)19(12)13(16(22)23)14(7)24-9-5-10-17-3-4-18(10)6-9/h3-4,7-9,11-12,20H,5-6H2,1-2H3,(H,22,23)/t7-,8-,9+,11-,12-/m1/s1. The molecule has 0 spiro atoms. The molecule has 128 valence electrons. The summed E-state index contributed by atoms with van der Waals surface area (Å²) in [4.78, 5) is 30.5. The van der Waals surface area contributed by atoms with Crippen molar-refractivity contribution in [2.24, 2.45) is 11.8 Å². The van der Waals surface area contributed by atoms with Gasteiger partial charge in [0.1, 0.15) is 11.5 Å². The van der Waals surface area contributed by atoms with Gasteiger partial charge in [-0.1, -0.05) is 6.92 Å². The maximum atomic E-state index is 12.3. The fourth-order valence-corrected chi connectivity index (χ4v) is 5.60. The molecule has 0 aliphatic carbocycles. The molecule has 1 amide bonds. The number of aliphatic hydroxyl groups is 1. The Morgan fingerprint density at radius 2 is 2.25 bits per heavy atom. The van der Waals surface area contributed by atoms with Crippen LogP contribution < -0.4 is 0 Å². The van der Waals surface area contributed by atoms with E-state index in [0.29, 0.717) is 0 Å². The van der Waals surface area contributed by atoms with Crippen molar-refractivity contribution in [2.75, 3.05) is 0 Å². The smallest absolute Gasteiger partial charge is 0.353 e. The number of aliphatic hydroxyl groups excluding tert-OH is 1. The van der Waals surface area contributed by atoms with Gasteiger partial charge in [-0.3, -0.25) is 4.79 Å². The summed E-state index contributed by atoms with van der Waals surface area (Å²) in [5.74, 6) is -0.927. The van der Waals surface area contributed by atoms with E-state index in [9.17, 15) is 19.8 Å². The van der Waals surface area contributed by atoms with Gasteiger partial charge in [-0.2, -0.15) is 0 Å². The first-order chi connectivity index (χ1) is 11.4. The predicted octanol–water partition coefficient (Wildman–Crippen LogP) is 0.695. The van der Waals surface area contributed by atoms with Crippen molar-refractivity contribution in [2.45, 2.75) is 44.2 Å². The summed E-state index contributed by atoms with van der Waals surface area (Å²) in [6, 6.07) is -0.246. The van der Waals surface area contributed by atoms with Gasteiger partial charge in [0.05, 0.1) is 18.1 Å². The van der Waals surface area contributed by atoms with Gasteiger partial charge >= 0.3 is 5.97 Å². The number of carbonyl (C=O) groups is 2. The molecule has 0 bridgehead atoms. The molecule has 3 aliphatic heterocycles. The van der Waals surface area contributed by atoms with Crippen LogP contribution in [0.4, 0.5) is 0 Å². The first-order valence-electron chi connectivity index (χ1n) is 8.05. The Morgan fingerprint density at radius 1 is 1.50 bits per heavy atom. The SMILES string of the molecule is C[C@@H](O)[C@H]1C(=O)N2C(C(=O)O)=C(S[C@H]3Cc4nccn4C3)[C@H](C)[C@H]12. The molecular formula is C16H19N3O4S. The summed E-state index contributed by atoms with van der Waals surface area (Å²) in [5, 5.41) is 19.7. The molecule has 1 fully saturated rings. The van der Waals surface area contributed by atoms with Crippen LogP contribution in [0.3, 0.4) is 0 Å². The lowest BCUT2D eigenvalue weighted by Gasteiger charge is -2.46. The third-order valence-corrected chi connectivity index (χ3v) is 6.69. The van der Waals surface area contributed by atoms with Crippen molar-refractivity contribution in [1.82, 2.24) is 14.5 Å². The van der Waals surface area contributed by atoms with Gasteiger partial charge in [-0.05, 0) is 6.92 Å². The Labute approximate surface area is 143 Å². The zero-order chi connectivity index (χ0) is 17.2. The number of β-lactam (4-membered cyclic amide) rings is 1.